The number of hydrazine groups is 1. The van der Waals surface area contributed by atoms with Gasteiger partial charge in [0.1, 0.15) is 17.4 Å². The summed E-state index contributed by atoms with van der Waals surface area (Å²) in [5.74, 6) is 6.50. The van der Waals surface area contributed by atoms with Gasteiger partial charge in [-0.15, -0.1) is 0 Å². The van der Waals surface area contributed by atoms with Gasteiger partial charge in [-0.05, 0) is 40.9 Å². The summed E-state index contributed by atoms with van der Waals surface area (Å²) in [5.41, 5.74) is 6.01. The van der Waals surface area contributed by atoms with Gasteiger partial charge in [0.25, 0.3) is 0 Å². The molecule has 1 unspecified atom stereocenters. The molecule has 0 bridgehead atoms. The number of benzene rings is 1. The highest BCUT2D eigenvalue weighted by atomic mass is 32.1. The number of nitrogens with two attached hydrogens (primary N) is 1. The van der Waals surface area contributed by atoms with E-state index in [0.717, 1.165) is 27.9 Å². The summed E-state index contributed by atoms with van der Waals surface area (Å²) in [5, 5.41) is 5.22. The van der Waals surface area contributed by atoms with E-state index in [1.165, 1.54) is 0 Å². The standard InChI is InChI=1S/C14H14N2OS/c1-9-3-2-4-10-7-12(17-14(9)10)13(16-15)11-5-6-18-8-11/h2-8,13,16H,15H2,1H3. The lowest BCUT2D eigenvalue weighted by Crippen LogP contribution is -2.28. The summed E-state index contributed by atoms with van der Waals surface area (Å²) in [4.78, 5) is 0. The van der Waals surface area contributed by atoms with Gasteiger partial charge in [-0.2, -0.15) is 11.3 Å². The first-order chi connectivity index (χ1) is 8.79. The summed E-state index contributed by atoms with van der Waals surface area (Å²) >= 11 is 1.65. The fourth-order valence-corrected chi connectivity index (χ4v) is 2.84. The molecule has 3 aromatic rings. The van der Waals surface area contributed by atoms with Gasteiger partial charge in [0, 0.05) is 5.39 Å². The predicted octanol–water partition coefficient (Wildman–Crippen LogP) is 3.36. The van der Waals surface area contributed by atoms with Crippen LogP contribution in [0.3, 0.4) is 0 Å². The molecular formula is C14H14N2OS. The number of hydrogen-bond acceptors (Lipinski definition) is 4. The molecule has 0 saturated heterocycles. The summed E-state index contributed by atoms with van der Waals surface area (Å²) < 4.78 is 5.94. The molecule has 1 aromatic carbocycles. The minimum Gasteiger partial charge on any atom is -0.459 e. The van der Waals surface area contributed by atoms with E-state index < -0.39 is 0 Å². The van der Waals surface area contributed by atoms with Gasteiger partial charge in [0.15, 0.2) is 0 Å². The fraction of sp³-hybridized carbons (Fsp3) is 0.143. The number of furan rings is 1. The van der Waals surface area contributed by atoms with Crippen molar-refractivity contribution in [3.63, 3.8) is 0 Å². The van der Waals surface area contributed by atoms with Gasteiger partial charge in [0.2, 0.25) is 0 Å². The van der Waals surface area contributed by atoms with Gasteiger partial charge in [-0.1, -0.05) is 18.2 Å². The molecule has 92 valence electrons. The van der Waals surface area contributed by atoms with E-state index in [9.17, 15) is 0 Å². The van der Waals surface area contributed by atoms with Crippen LogP contribution in [-0.2, 0) is 0 Å². The lowest BCUT2D eigenvalue weighted by atomic mass is 10.1. The second-order valence-electron chi connectivity index (χ2n) is 4.30. The number of fused-ring (bicyclic) bond motifs is 1. The Balaban J connectivity index is 2.11. The monoisotopic (exact) mass is 258 g/mol. The largest absolute Gasteiger partial charge is 0.459 e. The maximum atomic E-state index is 5.94. The molecule has 4 heteroatoms. The summed E-state index contributed by atoms with van der Waals surface area (Å²) in [6.45, 7) is 2.05. The maximum Gasteiger partial charge on any atom is 0.137 e. The number of thiophene rings is 1. The van der Waals surface area contributed by atoms with Gasteiger partial charge < -0.3 is 4.42 Å². The Kier molecular flexibility index (Phi) is 2.91. The van der Waals surface area contributed by atoms with Crippen LogP contribution >= 0.6 is 11.3 Å². The molecule has 1 atom stereocenters. The molecule has 0 saturated carbocycles. The lowest BCUT2D eigenvalue weighted by Gasteiger charge is -2.11. The van der Waals surface area contributed by atoms with Crippen LogP contribution in [0.4, 0.5) is 0 Å². The molecule has 2 aromatic heterocycles. The van der Waals surface area contributed by atoms with Crippen LogP contribution < -0.4 is 11.3 Å². The van der Waals surface area contributed by atoms with Gasteiger partial charge in [-0.25, -0.2) is 5.43 Å². The Labute approximate surface area is 109 Å². The van der Waals surface area contributed by atoms with Crippen molar-refractivity contribution < 1.29 is 4.42 Å². The van der Waals surface area contributed by atoms with E-state index >= 15 is 0 Å². The van der Waals surface area contributed by atoms with Crippen LogP contribution in [-0.4, -0.2) is 0 Å². The first kappa shape index (κ1) is 11.5. The molecule has 18 heavy (non-hydrogen) atoms. The normalized spacial score (nSPS) is 13.0. The minimum absolute atomic E-state index is 0.0944. The van der Waals surface area contributed by atoms with Crippen molar-refractivity contribution in [2.24, 2.45) is 5.84 Å². The Morgan fingerprint density at radius 1 is 1.33 bits per heavy atom. The second-order valence-corrected chi connectivity index (χ2v) is 5.08. The van der Waals surface area contributed by atoms with Crippen LogP contribution in [0, 0.1) is 6.92 Å². The van der Waals surface area contributed by atoms with E-state index in [4.69, 9.17) is 10.3 Å². The highest BCUT2D eigenvalue weighted by Crippen LogP contribution is 2.30. The number of rotatable bonds is 3. The first-order valence-electron chi connectivity index (χ1n) is 5.77. The highest BCUT2D eigenvalue weighted by molar-refractivity contribution is 7.08. The molecule has 0 aliphatic carbocycles. The zero-order chi connectivity index (χ0) is 12.5. The Morgan fingerprint density at radius 2 is 2.22 bits per heavy atom. The molecule has 2 heterocycles. The Bertz CT molecular complexity index is 658. The zero-order valence-corrected chi connectivity index (χ0v) is 10.8. The van der Waals surface area contributed by atoms with Crippen LogP contribution in [0.1, 0.15) is 22.9 Å². The van der Waals surface area contributed by atoms with Crippen molar-refractivity contribution in [3.8, 4) is 0 Å². The van der Waals surface area contributed by atoms with Crippen molar-refractivity contribution in [1.82, 2.24) is 5.43 Å². The van der Waals surface area contributed by atoms with Crippen molar-refractivity contribution >= 4 is 22.3 Å². The second kappa shape index (κ2) is 4.57. The van der Waals surface area contributed by atoms with Crippen molar-refractivity contribution in [3.05, 3.63) is 58.0 Å². The Morgan fingerprint density at radius 3 is 2.89 bits per heavy atom. The smallest absolute Gasteiger partial charge is 0.137 e. The first-order valence-corrected chi connectivity index (χ1v) is 6.71. The molecule has 0 fully saturated rings. The SMILES string of the molecule is Cc1cccc2cc(C(NN)c3ccsc3)oc12. The number of aryl methyl sites for hydroxylation is 1. The van der Waals surface area contributed by atoms with Crippen LogP contribution in [0.5, 0.6) is 0 Å². The van der Waals surface area contributed by atoms with Crippen LogP contribution in [0.25, 0.3) is 11.0 Å². The average molecular weight is 258 g/mol. The quantitative estimate of drug-likeness (QED) is 0.559. The van der Waals surface area contributed by atoms with E-state index in [-0.39, 0.29) is 6.04 Å². The van der Waals surface area contributed by atoms with E-state index in [1.807, 2.05) is 30.5 Å². The third kappa shape index (κ3) is 1.84. The van der Waals surface area contributed by atoms with Crippen LogP contribution in [0.15, 0.2) is 45.5 Å². The van der Waals surface area contributed by atoms with Gasteiger partial charge in [-0.3, -0.25) is 5.84 Å². The molecule has 0 radical (unpaired) electrons. The average Bonchev–Trinajstić information content (AvgIpc) is 3.00. The van der Waals surface area contributed by atoms with Crippen molar-refractivity contribution in [2.75, 3.05) is 0 Å². The van der Waals surface area contributed by atoms with E-state index in [0.29, 0.717) is 0 Å². The molecule has 0 spiro atoms. The molecule has 3 nitrogen and oxygen atoms in total. The topological polar surface area (TPSA) is 51.2 Å². The van der Waals surface area contributed by atoms with E-state index in [1.54, 1.807) is 11.3 Å². The van der Waals surface area contributed by atoms with Gasteiger partial charge >= 0.3 is 0 Å². The molecule has 0 aliphatic heterocycles. The van der Waals surface area contributed by atoms with Crippen molar-refractivity contribution in [1.29, 1.82) is 0 Å². The molecule has 3 N–H and O–H groups in total. The lowest BCUT2D eigenvalue weighted by molar-refractivity contribution is 0.477. The molecule has 0 amide bonds. The zero-order valence-electron chi connectivity index (χ0n) is 10.0. The van der Waals surface area contributed by atoms with Crippen molar-refractivity contribution in [2.45, 2.75) is 13.0 Å². The maximum absolute atomic E-state index is 5.94. The number of para-hydroxylation sites is 1. The number of hydrogen-bond donors (Lipinski definition) is 2. The predicted molar refractivity (Wildman–Crippen MR) is 74.4 cm³/mol. The van der Waals surface area contributed by atoms with E-state index in [2.05, 4.69) is 22.9 Å². The highest BCUT2D eigenvalue weighted by Gasteiger charge is 2.17. The molecule has 3 rings (SSSR count). The summed E-state index contributed by atoms with van der Waals surface area (Å²) in [6, 6.07) is 10.1. The van der Waals surface area contributed by atoms with Gasteiger partial charge in [0.05, 0.1) is 0 Å². The molecule has 0 aliphatic rings. The summed E-state index contributed by atoms with van der Waals surface area (Å²) in [7, 11) is 0. The third-order valence-corrected chi connectivity index (χ3v) is 3.79. The fourth-order valence-electron chi connectivity index (χ4n) is 2.15. The van der Waals surface area contributed by atoms with Crippen LogP contribution in [0.2, 0.25) is 0 Å². The third-order valence-electron chi connectivity index (χ3n) is 3.09. The summed E-state index contributed by atoms with van der Waals surface area (Å²) in [6.07, 6.45) is 0. The minimum atomic E-state index is -0.0944. The Hall–Kier alpha value is -1.62. The number of nitrogens with one attached hydrogen (secondary N) is 1. The molecular weight excluding hydrogens is 244 g/mol.